The van der Waals surface area contributed by atoms with Crippen molar-refractivity contribution in [3.63, 3.8) is 0 Å². The van der Waals surface area contributed by atoms with Crippen LogP contribution in [0.2, 0.25) is 0 Å². The van der Waals surface area contributed by atoms with Gasteiger partial charge in [-0.1, -0.05) is 0 Å². The Bertz CT molecular complexity index is 547. The smallest absolute Gasteiger partial charge is 0.343 e. The third kappa shape index (κ3) is 4.83. The van der Waals surface area contributed by atoms with E-state index in [1.807, 2.05) is 6.92 Å². The molecule has 0 heterocycles. The van der Waals surface area contributed by atoms with Crippen molar-refractivity contribution in [3.05, 3.63) is 29.3 Å². The Morgan fingerprint density at radius 1 is 1.14 bits per heavy atom. The van der Waals surface area contributed by atoms with E-state index in [4.69, 9.17) is 9.47 Å². The molecule has 0 amide bonds. The van der Waals surface area contributed by atoms with Gasteiger partial charge in [0.25, 0.3) is 0 Å². The number of carbonyl (C=O) groups is 2. The van der Waals surface area contributed by atoms with E-state index >= 15 is 0 Å². The van der Waals surface area contributed by atoms with Gasteiger partial charge in [0.05, 0.1) is 21.3 Å². The summed E-state index contributed by atoms with van der Waals surface area (Å²) in [6.45, 7) is 1.61. The SMILES string of the molecule is COC(=O)/C=C/c1cc(C)c(OCC(=O)OC)c(OC)c1. The summed E-state index contributed by atoms with van der Waals surface area (Å²) in [5, 5.41) is 0. The van der Waals surface area contributed by atoms with Gasteiger partial charge in [0.15, 0.2) is 18.1 Å². The number of carbonyl (C=O) groups excluding carboxylic acids is 2. The number of aryl methyl sites for hydroxylation is 1. The van der Waals surface area contributed by atoms with Crippen LogP contribution < -0.4 is 9.47 Å². The number of ether oxygens (including phenoxy) is 4. The Morgan fingerprint density at radius 3 is 2.43 bits per heavy atom. The normalized spacial score (nSPS) is 10.3. The summed E-state index contributed by atoms with van der Waals surface area (Å²) < 4.78 is 19.7. The first-order chi connectivity index (χ1) is 10.0. The molecule has 1 rings (SSSR count). The lowest BCUT2D eigenvalue weighted by atomic mass is 10.1. The molecule has 0 atom stereocenters. The molecule has 0 aliphatic rings. The van der Waals surface area contributed by atoms with E-state index < -0.39 is 11.9 Å². The lowest BCUT2D eigenvalue weighted by Crippen LogP contribution is -2.13. The van der Waals surface area contributed by atoms with Crippen LogP contribution in [0.3, 0.4) is 0 Å². The zero-order valence-corrected chi connectivity index (χ0v) is 12.5. The molecule has 0 aliphatic carbocycles. The molecule has 0 aliphatic heterocycles. The predicted molar refractivity (Wildman–Crippen MR) is 76.3 cm³/mol. The van der Waals surface area contributed by atoms with Gasteiger partial charge in [0.2, 0.25) is 0 Å². The van der Waals surface area contributed by atoms with E-state index in [1.165, 1.54) is 27.4 Å². The molecule has 0 saturated heterocycles. The average Bonchev–Trinajstić information content (AvgIpc) is 2.50. The summed E-state index contributed by atoms with van der Waals surface area (Å²) in [5.74, 6) is -0.00899. The van der Waals surface area contributed by atoms with Gasteiger partial charge in [-0.2, -0.15) is 0 Å². The summed E-state index contributed by atoms with van der Waals surface area (Å²) in [4.78, 5) is 22.2. The second-order valence-electron chi connectivity index (χ2n) is 4.09. The van der Waals surface area contributed by atoms with Gasteiger partial charge in [-0.05, 0) is 36.3 Å². The van der Waals surface area contributed by atoms with Crippen molar-refractivity contribution in [1.29, 1.82) is 0 Å². The highest BCUT2D eigenvalue weighted by atomic mass is 16.6. The Labute approximate surface area is 123 Å². The fraction of sp³-hybridized carbons (Fsp3) is 0.333. The van der Waals surface area contributed by atoms with E-state index in [9.17, 15) is 9.59 Å². The van der Waals surface area contributed by atoms with Crippen molar-refractivity contribution < 1.29 is 28.5 Å². The van der Waals surface area contributed by atoms with Gasteiger partial charge < -0.3 is 18.9 Å². The number of esters is 2. The molecule has 21 heavy (non-hydrogen) atoms. The first kappa shape index (κ1) is 16.6. The molecule has 0 radical (unpaired) electrons. The van der Waals surface area contributed by atoms with Crippen LogP contribution in [0.5, 0.6) is 11.5 Å². The van der Waals surface area contributed by atoms with Gasteiger partial charge in [0, 0.05) is 6.08 Å². The predicted octanol–water partition coefficient (Wildman–Crippen LogP) is 1.74. The van der Waals surface area contributed by atoms with Crippen LogP contribution in [0.15, 0.2) is 18.2 Å². The van der Waals surface area contributed by atoms with Gasteiger partial charge in [0.1, 0.15) is 0 Å². The molecular weight excluding hydrogens is 276 g/mol. The molecule has 0 aromatic heterocycles. The minimum atomic E-state index is -0.480. The van der Waals surface area contributed by atoms with E-state index in [0.717, 1.165) is 11.1 Å². The first-order valence-electron chi connectivity index (χ1n) is 6.16. The molecular formula is C15H18O6. The summed E-state index contributed by atoms with van der Waals surface area (Å²) in [6, 6.07) is 3.49. The third-order valence-electron chi connectivity index (χ3n) is 2.66. The lowest BCUT2D eigenvalue weighted by Gasteiger charge is -2.13. The maximum Gasteiger partial charge on any atom is 0.343 e. The molecule has 0 unspecified atom stereocenters. The molecule has 0 bridgehead atoms. The Kier molecular flexibility index (Phi) is 6.26. The summed E-state index contributed by atoms with van der Waals surface area (Å²) in [5.41, 5.74) is 1.52. The molecule has 0 fully saturated rings. The number of benzene rings is 1. The Hall–Kier alpha value is -2.50. The maximum atomic E-state index is 11.1. The van der Waals surface area contributed by atoms with Crippen molar-refractivity contribution in [2.45, 2.75) is 6.92 Å². The number of rotatable bonds is 6. The molecule has 6 heteroatoms. The summed E-state index contributed by atoms with van der Waals surface area (Å²) in [7, 11) is 4.09. The third-order valence-corrected chi connectivity index (χ3v) is 2.66. The highest BCUT2D eigenvalue weighted by molar-refractivity contribution is 5.87. The van der Waals surface area contributed by atoms with Crippen LogP contribution in [0.25, 0.3) is 6.08 Å². The van der Waals surface area contributed by atoms with Crippen molar-refractivity contribution >= 4 is 18.0 Å². The van der Waals surface area contributed by atoms with Gasteiger partial charge in [-0.3, -0.25) is 0 Å². The van der Waals surface area contributed by atoms with Gasteiger partial charge >= 0.3 is 11.9 Å². The maximum absolute atomic E-state index is 11.1. The number of methoxy groups -OCH3 is 3. The van der Waals surface area contributed by atoms with Crippen molar-refractivity contribution in [2.24, 2.45) is 0 Å². The highest BCUT2D eigenvalue weighted by Gasteiger charge is 2.12. The van der Waals surface area contributed by atoms with Crippen LogP contribution >= 0.6 is 0 Å². The quantitative estimate of drug-likeness (QED) is 0.588. The van der Waals surface area contributed by atoms with Crippen LogP contribution in [-0.2, 0) is 19.1 Å². The second-order valence-corrected chi connectivity index (χ2v) is 4.09. The molecule has 6 nitrogen and oxygen atoms in total. The van der Waals surface area contributed by atoms with Crippen LogP contribution in [0.4, 0.5) is 0 Å². The van der Waals surface area contributed by atoms with E-state index in [-0.39, 0.29) is 6.61 Å². The van der Waals surface area contributed by atoms with E-state index in [1.54, 1.807) is 18.2 Å². The zero-order chi connectivity index (χ0) is 15.8. The van der Waals surface area contributed by atoms with Crippen molar-refractivity contribution in [2.75, 3.05) is 27.9 Å². The molecule has 0 spiro atoms. The fourth-order valence-corrected chi connectivity index (χ4v) is 1.62. The van der Waals surface area contributed by atoms with Crippen molar-refractivity contribution in [3.8, 4) is 11.5 Å². The number of hydrogen-bond donors (Lipinski definition) is 0. The Balaban J connectivity index is 2.99. The van der Waals surface area contributed by atoms with E-state index in [2.05, 4.69) is 9.47 Å². The highest BCUT2D eigenvalue weighted by Crippen LogP contribution is 2.32. The zero-order valence-electron chi connectivity index (χ0n) is 12.5. The van der Waals surface area contributed by atoms with E-state index in [0.29, 0.717) is 11.5 Å². The van der Waals surface area contributed by atoms with Gasteiger partial charge in [-0.15, -0.1) is 0 Å². The fourth-order valence-electron chi connectivity index (χ4n) is 1.62. The average molecular weight is 294 g/mol. The molecule has 114 valence electrons. The second kappa shape index (κ2) is 7.94. The van der Waals surface area contributed by atoms with Crippen molar-refractivity contribution in [1.82, 2.24) is 0 Å². The Morgan fingerprint density at radius 2 is 1.86 bits per heavy atom. The first-order valence-corrected chi connectivity index (χ1v) is 6.16. The van der Waals surface area contributed by atoms with Crippen LogP contribution in [0, 0.1) is 6.92 Å². The van der Waals surface area contributed by atoms with Gasteiger partial charge in [-0.25, -0.2) is 9.59 Å². The summed E-state index contributed by atoms with van der Waals surface area (Å²) >= 11 is 0. The number of hydrogen-bond acceptors (Lipinski definition) is 6. The molecule has 1 aromatic rings. The minimum Gasteiger partial charge on any atom is -0.493 e. The standard InChI is InChI=1S/C15H18O6/c1-10-7-11(5-6-13(16)19-3)8-12(18-2)15(10)21-9-14(17)20-4/h5-8H,9H2,1-4H3/b6-5+. The monoisotopic (exact) mass is 294 g/mol. The molecule has 1 aromatic carbocycles. The minimum absolute atomic E-state index is 0.203. The lowest BCUT2D eigenvalue weighted by molar-refractivity contribution is -0.143. The van der Waals surface area contributed by atoms with Crippen LogP contribution in [0.1, 0.15) is 11.1 Å². The molecule has 0 saturated carbocycles. The topological polar surface area (TPSA) is 71.1 Å². The molecule has 0 N–H and O–H groups in total. The summed E-state index contributed by atoms with van der Waals surface area (Å²) in [6.07, 6.45) is 2.91. The largest absolute Gasteiger partial charge is 0.493 e. The van der Waals surface area contributed by atoms with Crippen LogP contribution in [-0.4, -0.2) is 39.9 Å².